The number of rotatable bonds is 12. The van der Waals surface area contributed by atoms with Crippen molar-refractivity contribution in [1.29, 1.82) is 0 Å². The van der Waals surface area contributed by atoms with E-state index in [9.17, 15) is 24.5 Å². The number of carbonyl (C=O) groups excluding carboxylic acids is 3. The number of hydrogen-bond acceptors (Lipinski definition) is 6. The van der Waals surface area contributed by atoms with Crippen molar-refractivity contribution in [2.75, 3.05) is 20.2 Å². The number of nitro benzene ring substituents is 1. The number of methoxy groups -OCH3 is 1. The van der Waals surface area contributed by atoms with Crippen molar-refractivity contribution in [2.24, 2.45) is 5.92 Å². The highest BCUT2D eigenvalue weighted by atomic mass is 16.6. The molecule has 9 heteroatoms. The fraction of sp³-hybridized carbons (Fsp3) is 0.323. The highest BCUT2D eigenvalue weighted by molar-refractivity contribution is 5.94. The van der Waals surface area contributed by atoms with E-state index >= 15 is 0 Å². The predicted octanol–water partition coefficient (Wildman–Crippen LogP) is 4.79. The molecular weight excluding hydrogens is 510 g/mol. The molecule has 1 saturated heterocycles. The summed E-state index contributed by atoms with van der Waals surface area (Å²) in [4.78, 5) is 50.3. The third kappa shape index (κ3) is 7.31. The molecule has 0 spiro atoms. The second-order valence-electron chi connectivity index (χ2n) is 9.92. The number of nitrogens with zero attached hydrogens (tertiary/aromatic N) is 2. The summed E-state index contributed by atoms with van der Waals surface area (Å²) >= 11 is 0. The van der Waals surface area contributed by atoms with E-state index in [0.29, 0.717) is 37.1 Å². The minimum absolute atomic E-state index is 0.00708. The molecule has 208 valence electrons. The Hall–Kier alpha value is -4.53. The highest BCUT2D eigenvalue weighted by Gasteiger charge is 2.39. The van der Waals surface area contributed by atoms with Crippen LogP contribution in [-0.2, 0) is 20.7 Å². The van der Waals surface area contributed by atoms with Crippen LogP contribution in [0.25, 0.3) is 11.1 Å². The number of carbonyl (C=O) groups is 3. The molecular formula is C31H33N3O6. The van der Waals surface area contributed by atoms with E-state index in [1.54, 1.807) is 36.4 Å². The largest absolute Gasteiger partial charge is 0.469 e. The Morgan fingerprint density at radius 2 is 1.77 bits per heavy atom. The van der Waals surface area contributed by atoms with Crippen LogP contribution in [0.15, 0.2) is 78.9 Å². The minimum atomic E-state index is -0.439. The third-order valence-corrected chi connectivity index (χ3v) is 7.28. The fourth-order valence-electron chi connectivity index (χ4n) is 5.16. The number of nitrogens with one attached hydrogen (secondary N) is 1. The first kappa shape index (κ1) is 28.5. The third-order valence-electron chi connectivity index (χ3n) is 7.28. The number of hydrogen-bond donors (Lipinski definition) is 1. The summed E-state index contributed by atoms with van der Waals surface area (Å²) in [5.41, 5.74) is 3.15. The van der Waals surface area contributed by atoms with E-state index in [1.165, 1.54) is 24.8 Å². The first-order valence-corrected chi connectivity index (χ1v) is 13.4. The van der Waals surface area contributed by atoms with E-state index < -0.39 is 16.8 Å². The number of aryl methyl sites for hydroxylation is 1. The Balaban J connectivity index is 1.33. The van der Waals surface area contributed by atoms with Gasteiger partial charge in [-0.3, -0.25) is 24.5 Å². The molecule has 2 atom stereocenters. The standard InChI is InChI=1S/C31H33N3O6/c1-40-29(35)21-26-20-27(33(31(26)37)18-6-9-22-7-3-2-4-8-22)16-17-32-30(36)24-14-12-23(13-15-24)25-10-5-11-28(19-25)34(38)39/h2-5,7-8,10-15,19,26-27H,6,9,16-18,20-21H2,1H3,(H,32,36)/t26-,27+/m0/s1. The van der Waals surface area contributed by atoms with Gasteiger partial charge in [-0.05, 0) is 54.5 Å². The lowest BCUT2D eigenvalue weighted by Crippen LogP contribution is -2.37. The van der Waals surface area contributed by atoms with Crippen LogP contribution in [0.4, 0.5) is 5.69 Å². The molecule has 2 amide bonds. The SMILES string of the molecule is COC(=O)C[C@@H]1C[C@@H](CCNC(=O)c2ccc(-c3cccc([N+](=O)[O-])c3)cc2)N(CCCc2ccccc2)C1=O. The Labute approximate surface area is 233 Å². The maximum atomic E-state index is 13.1. The molecule has 1 N–H and O–H groups in total. The lowest BCUT2D eigenvalue weighted by atomic mass is 10.00. The van der Waals surface area contributed by atoms with Gasteiger partial charge in [0.2, 0.25) is 5.91 Å². The average Bonchev–Trinajstić information content (AvgIpc) is 3.26. The molecule has 1 heterocycles. The maximum Gasteiger partial charge on any atom is 0.306 e. The molecule has 0 aliphatic carbocycles. The van der Waals surface area contributed by atoms with E-state index in [-0.39, 0.29) is 30.0 Å². The van der Waals surface area contributed by atoms with E-state index in [0.717, 1.165) is 18.4 Å². The Bertz CT molecular complexity index is 1340. The molecule has 1 aliphatic heterocycles. The first-order valence-electron chi connectivity index (χ1n) is 13.4. The molecule has 40 heavy (non-hydrogen) atoms. The number of ether oxygens (including phenoxy) is 1. The quantitative estimate of drug-likeness (QED) is 0.199. The van der Waals surface area contributed by atoms with Gasteiger partial charge < -0.3 is 15.0 Å². The van der Waals surface area contributed by atoms with Gasteiger partial charge >= 0.3 is 5.97 Å². The Kier molecular flexibility index (Phi) is 9.62. The minimum Gasteiger partial charge on any atom is -0.469 e. The van der Waals surface area contributed by atoms with E-state index in [2.05, 4.69) is 17.4 Å². The van der Waals surface area contributed by atoms with Gasteiger partial charge in [0.1, 0.15) is 0 Å². The molecule has 3 aromatic rings. The van der Waals surface area contributed by atoms with Crippen LogP contribution in [-0.4, -0.2) is 53.8 Å². The van der Waals surface area contributed by atoms with Gasteiger partial charge in [-0.1, -0.05) is 54.6 Å². The number of esters is 1. The summed E-state index contributed by atoms with van der Waals surface area (Å²) in [6, 6.07) is 23.3. The van der Waals surface area contributed by atoms with Gasteiger partial charge in [-0.2, -0.15) is 0 Å². The van der Waals surface area contributed by atoms with Gasteiger partial charge in [0.15, 0.2) is 0 Å². The number of benzene rings is 3. The molecule has 0 bridgehead atoms. The topological polar surface area (TPSA) is 119 Å². The molecule has 3 aromatic carbocycles. The monoisotopic (exact) mass is 543 g/mol. The molecule has 1 aliphatic rings. The predicted molar refractivity (Wildman–Crippen MR) is 150 cm³/mol. The first-order chi connectivity index (χ1) is 19.4. The van der Waals surface area contributed by atoms with Gasteiger partial charge in [0.25, 0.3) is 11.6 Å². The molecule has 4 rings (SSSR count). The zero-order valence-corrected chi connectivity index (χ0v) is 22.5. The zero-order chi connectivity index (χ0) is 28.5. The summed E-state index contributed by atoms with van der Waals surface area (Å²) in [5.74, 6) is -1.08. The van der Waals surface area contributed by atoms with Crippen molar-refractivity contribution in [3.63, 3.8) is 0 Å². The summed E-state index contributed by atoms with van der Waals surface area (Å²) in [6.45, 7) is 0.965. The normalized spacial score (nSPS) is 16.5. The summed E-state index contributed by atoms with van der Waals surface area (Å²) in [7, 11) is 1.32. The van der Waals surface area contributed by atoms with Crippen LogP contribution in [0.2, 0.25) is 0 Å². The second kappa shape index (κ2) is 13.5. The van der Waals surface area contributed by atoms with Gasteiger partial charge in [-0.25, -0.2) is 0 Å². The van der Waals surface area contributed by atoms with Crippen LogP contribution in [0.1, 0.15) is 41.6 Å². The van der Waals surface area contributed by atoms with Gasteiger partial charge in [-0.15, -0.1) is 0 Å². The second-order valence-corrected chi connectivity index (χ2v) is 9.92. The number of likely N-dealkylation sites (tertiary alicyclic amines) is 1. The van der Waals surface area contributed by atoms with Gasteiger partial charge in [0, 0.05) is 36.8 Å². The lowest BCUT2D eigenvalue weighted by Gasteiger charge is -2.25. The average molecular weight is 544 g/mol. The molecule has 0 unspecified atom stereocenters. The zero-order valence-electron chi connectivity index (χ0n) is 22.5. The number of non-ortho nitro benzene ring substituents is 1. The van der Waals surface area contributed by atoms with E-state index in [1.807, 2.05) is 23.1 Å². The van der Waals surface area contributed by atoms with Crippen LogP contribution in [0.3, 0.4) is 0 Å². The van der Waals surface area contributed by atoms with Crippen molar-refractivity contribution >= 4 is 23.5 Å². The van der Waals surface area contributed by atoms with Crippen LogP contribution in [0.5, 0.6) is 0 Å². The van der Waals surface area contributed by atoms with Crippen molar-refractivity contribution < 1.29 is 24.0 Å². The van der Waals surface area contributed by atoms with Crippen molar-refractivity contribution in [3.8, 4) is 11.1 Å². The molecule has 0 radical (unpaired) electrons. The van der Waals surface area contributed by atoms with Crippen LogP contribution in [0, 0.1) is 16.0 Å². The molecule has 0 saturated carbocycles. The molecule has 1 fully saturated rings. The van der Waals surface area contributed by atoms with Crippen molar-refractivity contribution in [2.45, 2.75) is 38.1 Å². The summed E-state index contributed by atoms with van der Waals surface area (Å²) < 4.78 is 4.79. The Morgan fingerprint density at radius 3 is 2.48 bits per heavy atom. The van der Waals surface area contributed by atoms with Gasteiger partial charge in [0.05, 0.1) is 24.4 Å². The smallest absolute Gasteiger partial charge is 0.306 e. The Morgan fingerprint density at radius 1 is 1.02 bits per heavy atom. The number of nitro groups is 1. The lowest BCUT2D eigenvalue weighted by molar-refractivity contribution is -0.384. The molecule has 9 nitrogen and oxygen atoms in total. The van der Waals surface area contributed by atoms with Crippen molar-refractivity contribution in [3.05, 3.63) is 100 Å². The highest BCUT2D eigenvalue weighted by Crippen LogP contribution is 2.30. The summed E-state index contributed by atoms with van der Waals surface area (Å²) in [5, 5.41) is 14.0. The number of amides is 2. The molecule has 0 aromatic heterocycles. The van der Waals surface area contributed by atoms with Crippen LogP contribution >= 0.6 is 0 Å². The van der Waals surface area contributed by atoms with Crippen molar-refractivity contribution in [1.82, 2.24) is 10.2 Å². The summed E-state index contributed by atoms with van der Waals surface area (Å²) in [6.07, 6.45) is 2.84. The fourth-order valence-corrected chi connectivity index (χ4v) is 5.16. The van der Waals surface area contributed by atoms with E-state index in [4.69, 9.17) is 4.74 Å². The van der Waals surface area contributed by atoms with Crippen LogP contribution < -0.4 is 5.32 Å². The maximum absolute atomic E-state index is 13.1.